The van der Waals surface area contributed by atoms with Crippen LogP contribution in [0.15, 0.2) is 108 Å². The average Bonchev–Trinajstić information content (AvgIpc) is 2.74. The molecule has 0 amide bonds. The molecule has 0 spiro atoms. The Kier molecular flexibility index (Phi) is 4.82. The standard InChI is InChI=1S/C24H18O3S/c25-28(26,27)24-22(19-12-6-2-7-13-19)17-16-21(18-10-4-1-5-11-18)23(24)20-14-8-3-9-15-20/h1-17H,(H,25,26,27)/p-1. The van der Waals surface area contributed by atoms with Crippen molar-refractivity contribution in [3.8, 4) is 33.4 Å². The zero-order chi connectivity index (χ0) is 19.6. The largest absolute Gasteiger partial charge is 0.744 e. The Morgan fingerprint density at radius 2 is 0.893 bits per heavy atom. The highest BCUT2D eigenvalue weighted by Crippen LogP contribution is 2.42. The maximum atomic E-state index is 12.4. The zero-order valence-electron chi connectivity index (χ0n) is 14.9. The predicted octanol–water partition coefficient (Wildman–Crippen LogP) is 5.59. The maximum absolute atomic E-state index is 12.4. The Morgan fingerprint density at radius 3 is 1.36 bits per heavy atom. The van der Waals surface area contributed by atoms with E-state index in [0.717, 1.165) is 5.56 Å². The summed E-state index contributed by atoms with van der Waals surface area (Å²) in [5.74, 6) is 0. The molecule has 0 aromatic heterocycles. The van der Waals surface area contributed by atoms with Crippen LogP contribution >= 0.6 is 0 Å². The molecule has 0 N–H and O–H groups in total. The Labute approximate surface area is 164 Å². The minimum atomic E-state index is -4.74. The molecule has 0 saturated carbocycles. The van der Waals surface area contributed by atoms with Crippen LogP contribution in [0.4, 0.5) is 0 Å². The summed E-state index contributed by atoms with van der Waals surface area (Å²) in [7, 11) is -4.74. The van der Waals surface area contributed by atoms with Crippen molar-refractivity contribution in [1.82, 2.24) is 0 Å². The van der Waals surface area contributed by atoms with Crippen LogP contribution in [0, 0.1) is 0 Å². The lowest BCUT2D eigenvalue weighted by atomic mass is 9.91. The fraction of sp³-hybridized carbons (Fsp3) is 0. The zero-order valence-corrected chi connectivity index (χ0v) is 15.8. The number of benzene rings is 4. The molecule has 28 heavy (non-hydrogen) atoms. The van der Waals surface area contributed by atoms with Crippen molar-refractivity contribution in [2.24, 2.45) is 0 Å². The quantitative estimate of drug-likeness (QED) is 0.430. The van der Waals surface area contributed by atoms with Crippen molar-refractivity contribution in [3.63, 3.8) is 0 Å². The van der Waals surface area contributed by atoms with Gasteiger partial charge in [0.05, 0.1) is 4.90 Å². The van der Waals surface area contributed by atoms with Gasteiger partial charge in [-0.05, 0) is 27.8 Å². The van der Waals surface area contributed by atoms with Crippen LogP contribution in [0.3, 0.4) is 0 Å². The highest BCUT2D eigenvalue weighted by molar-refractivity contribution is 7.86. The molecule has 4 aromatic carbocycles. The van der Waals surface area contributed by atoms with Crippen LogP contribution in [0.25, 0.3) is 33.4 Å². The van der Waals surface area contributed by atoms with Gasteiger partial charge in [-0.25, -0.2) is 8.42 Å². The van der Waals surface area contributed by atoms with E-state index in [0.29, 0.717) is 27.8 Å². The topological polar surface area (TPSA) is 57.2 Å². The summed E-state index contributed by atoms with van der Waals surface area (Å²) in [4.78, 5) is -0.189. The van der Waals surface area contributed by atoms with Crippen LogP contribution in [0.1, 0.15) is 0 Å². The minimum absolute atomic E-state index is 0.189. The summed E-state index contributed by atoms with van der Waals surface area (Å²) in [6.45, 7) is 0. The molecular formula is C24H17O3S-. The van der Waals surface area contributed by atoms with E-state index in [1.807, 2.05) is 84.9 Å². The molecule has 0 fully saturated rings. The second kappa shape index (κ2) is 7.43. The first-order valence-corrected chi connectivity index (χ1v) is 10.3. The fourth-order valence-corrected chi connectivity index (χ4v) is 4.37. The molecule has 4 rings (SSSR count). The van der Waals surface area contributed by atoms with E-state index in [9.17, 15) is 13.0 Å². The molecule has 3 nitrogen and oxygen atoms in total. The SMILES string of the molecule is O=S(=O)([O-])c1c(-c2ccccc2)ccc(-c2ccccc2)c1-c1ccccc1. The van der Waals surface area contributed by atoms with Crippen molar-refractivity contribution >= 4 is 10.1 Å². The average molecular weight is 385 g/mol. The van der Waals surface area contributed by atoms with Crippen LogP contribution in [-0.2, 0) is 10.1 Å². The van der Waals surface area contributed by atoms with Gasteiger partial charge in [0.15, 0.2) is 0 Å². The predicted molar refractivity (Wildman–Crippen MR) is 111 cm³/mol. The lowest BCUT2D eigenvalue weighted by molar-refractivity contribution is 0.463. The molecule has 0 aliphatic heterocycles. The third-order valence-corrected chi connectivity index (χ3v) is 5.56. The molecular weight excluding hydrogens is 368 g/mol. The monoisotopic (exact) mass is 385 g/mol. The number of hydrogen-bond donors (Lipinski definition) is 0. The first kappa shape index (κ1) is 18.2. The molecule has 0 atom stereocenters. The van der Waals surface area contributed by atoms with Crippen molar-refractivity contribution in [2.75, 3.05) is 0 Å². The van der Waals surface area contributed by atoms with Crippen LogP contribution < -0.4 is 0 Å². The highest BCUT2D eigenvalue weighted by atomic mass is 32.2. The maximum Gasteiger partial charge on any atom is 0.125 e. The molecule has 0 saturated heterocycles. The summed E-state index contributed by atoms with van der Waals surface area (Å²) in [5, 5.41) is 0. The molecule has 0 aliphatic carbocycles. The van der Waals surface area contributed by atoms with Gasteiger partial charge in [-0.15, -0.1) is 0 Å². The Balaban J connectivity index is 2.14. The second-order valence-electron chi connectivity index (χ2n) is 6.42. The number of rotatable bonds is 4. The number of hydrogen-bond acceptors (Lipinski definition) is 3. The van der Waals surface area contributed by atoms with Gasteiger partial charge in [-0.1, -0.05) is 103 Å². The van der Waals surface area contributed by atoms with Crippen molar-refractivity contribution in [1.29, 1.82) is 0 Å². The second-order valence-corrected chi connectivity index (χ2v) is 7.73. The van der Waals surface area contributed by atoms with Gasteiger partial charge < -0.3 is 4.55 Å². The summed E-state index contributed by atoms with van der Waals surface area (Å²) in [6, 6.07) is 31.4. The van der Waals surface area contributed by atoms with Gasteiger partial charge in [-0.3, -0.25) is 0 Å². The summed E-state index contributed by atoms with van der Waals surface area (Å²) in [5.41, 5.74) is 3.78. The Morgan fingerprint density at radius 1 is 0.500 bits per heavy atom. The first-order chi connectivity index (χ1) is 13.6. The molecule has 0 unspecified atom stereocenters. The van der Waals surface area contributed by atoms with E-state index < -0.39 is 10.1 Å². The summed E-state index contributed by atoms with van der Waals surface area (Å²) < 4.78 is 37.3. The molecule has 138 valence electrons. The van der Waals surface area contributed by atoms with Gasteiger partial charge in [0.1, 0.15) is 10.1 Å². The molecule has 0 radical (unpaired) electrons. The highest BCUT2D eigenvalue weighted by Gasteiger charge is 2.21. The van der Waals surface area contributed by atoms with Gasteiger partial charge in [0, 0.05) is 5.56 Å². The van der Waals surface area contributed by atoms with Crippen molar-refractivity contribution < 1.29 is 13.0 Å². The normalized spacial score (nSPS) is 11.3. The smallest absolute Gasteiger partial charge is 0.125 e. The lowest BCUT2D eigenvalue weighted by Crippen LogP contribution is -2.05. The van der Waals surface area contributed by atoms with E-state index in [1.54, 1.807) is 18.2 Å². The fourth-order valence-electron chi connectivity index (χ4n) is 3.44. The van der Waals surface area contributed by atoms with Crippen molar-refractivity contribution in [2.45, 2.75) is 4.90 Å². The molecule has 4 aromatic rings. The molecule has 0 heterocycles. The van der Waals surface area contributed by atoms with E-state index in [1.165, 1.54) is 0 Å². The minimum Gasteiger partial charge on any atom is -0.744 e. The van der Waals surface area contributed by atoms with E-state index in [-0.39, 0.29) is 4.90 Å². The summed E-state index contributed by atoms with van der Waals surface area (Å²) in [6.07, 6.45) is 0. The van der Waals surface area contributed by atoms with E-state index in [2.05, 4.69) is 0 Å². The van der Waals surface area contributed by atoms with Gasteiger partial charge in [0.2, 0.25) is 0 Å². The van der Waals surface area contributed by atoms with E-state index in [4.69, 9.17) is 0 Å². The van der Waals surface area contributed by atoms with Crippen LogP contribution in [0.5, 0.6) is 0 Å². The van der Waals surface area contributed by atoms with Crippen LogP contribution in [-0.4, -0.2) is 13.0 Å². The van der Waals surface area contributed by atoms with E-state index >= 15 is 0 Å². The Bertz CT molecular complexity index is 1200. The lowest BCUT2D eigenvalue weighted by Gasteiger charge is -2.21. The summed E-state index contributed by atoms with van der Waals surface area (Å²) >= 11 is 0. The van der Waals surface area contributed by atoms with Gasteiger partial charge in [-0.2, -0.15) is 0 Å². The third kappa shape index (κ3) is 3.48. The van der Waals surface area contributed by atoms with Gasteiger partial charge >= 0.3 is 0 Å². The third-order valence-electron chi connectivity index (χ3n) is 4.64. The molecule has 0 bridgehead atoms. The van der Waals surface area contributed by atoms with Crippen LogP contribution in [0.2, 0.25) is 0 Å². The van der Waals surface area contributed by atoms with Crippen molar-refractivity contribution in [3.05, 3.63) is 103 Å². The molecule has 0 aliphatic rings. The Hall–Kier alpha value is -3.21. The van der Waals surface area contributed by atoms with Gasteiger partial charge in [0.25, 0.3) is 0 Å². The molecule has 4 heteroatoms. The first-order valence-electron chi connectivity index (χ1n) is 8.85.